The van der Waals surface area contributed by atoms with Crippen LogP contribution in [0.25, 0.3) is 0 Å². The molecule has 0 bridgehead atoms. The maximum atomic E-state index is 9.13. The summed E-state index contributed by atoms with van der Waals surface area (Å²) < 4.78 is 0. The summed E-state index contributed by atoms with van der Waals surface area (Å²) >= 11 is 0. The van der Waals surface area contributed by atoms with E-state index in [1.165, 1.54) is 0 Å². The molecule has 0 aromatic heterocycles. The molecular formula is C2H4FeNO2-. The molecule has 3 nitrogen and oxygen atoms in total. The van der Waals surface area contributed by atoms with E-state index in [1.807, 2.05) is 0 Å². The van der Waals surface area contributed by atoms with E-state index in [-0.39, 0.29) is 23.6 Å². The van der Waals surface area contributed by atoms with Crippen molar-refractivity contribution in [3.63, 3.8) is 0 Å². The van der Waals surface area contributed by atoms with Gasteiger partial charge in [0.2, 0.25) is 0 Å². The van der Waals surface area contributed by atoms with E-state index in [1.54, 1.807) is 0 Å². The molecule has 0 fully saturated rings. The Morgan fingerprint density at radius 1 is 1.83 bits per heavy atom. The van der Waals surface area contributed by atoms with Crippen molar-refractivity contribution >= 4 is 5.97 Å². The van der Waals surface area contributed by atoms with Crippen molar-refractivity contribution in [2.45, 2.75) is 0 Å². The van der Waals surface area contributed by atoms with Gasteiger partial charge in [-0.2, -0.15) is 0 Å². The summed E-state index contributed by atoms with van der Waals surface area (Å²) in [4.78, 5) is 9.13. The third kappa shape index (κ3) is 9.04. The fraction of sp³-hybridized carbons (Fsp3) is 0.500. The van der Waals surface area contributed by atoms with Gasteiger partial charge in [0, 0.05) is 23.6 Å². The van der Waals surface area contributed by atoms with Crippen molar-refractivity contribution in [3.8, 4) is 0 Å². The number of hydrogen-bond acceptors (Lipinski definition) is 3. The maximum Gasteiger partial charge on any atom is 0.0550 e. The standard InChI is InChI=1S/C2H5NO2.Fe/c3-1-2(4)5;/h1,3H2,(H,4,5);/p-1. The Balaban J connectivity index is 0. The zero-order valence-corrected chi connectivity index (χ0v) is 4.06. The average molecular weight is 130 g/mol. The van der Waals surface area contributed by atoms with Gasteiger partial charge in [0.05, 0.1) is 5.97 Å². The van der Waals surface area contributed by atoms with Gasteiger partial charge in [-0.05, 0) is 0 Å². The van der Waals surface area contributed by atoms with Gasteiger partial charge in [-0.1, -0.05) is 0 Å². The van der Waals surface area contributed by atoms with E-state index in [9.17, 15) is 0 Å². The van der Waals surface area contributed by atoms with Crippen LogP contribution < -0.4 is 10.8 Å². The van der Waals surface area contributed by atoms with E-state index in [0.29, 0.717) is 0 Å². The average Bonchev–Trinajstić information content (AvgIpc) is 1.38. The predicted octanol–water partition coefficient (Wildman–Crippen LogP) is -2.31. The Labute approximate surface area is 46.0 Å². The minimum atomic E-state index is -1.22. The van der Waals surface area contributed by atoms with Crippen molar-refractivity contribution in [1.29, 1.82) is 0 Å². The largest absolute Gasteiger partial charge is 0.549 e. The molecule has 0 unspecified atom stereocenters. The van der Waals surface area contributed by atoms with Gasteiger partial charge in [-0.3, -0.25) is 0 Å². The zero-order valence-electron chi connectivity index (χ0n) is 2.95. The minimum absolute atomic E-state index is 0. The molecule has 0 saturated heterocycles. The first-order valence-corrected chi connectivity index (χ1v) is 1.17. The monoisotopic (exact) mass is 130 g/mol. The normalized spacial score (nSPS) is 6.17. The van der Waals surface area contributed by atoms with Gasteiger partial charge in [0.25, 0.3) is 0 Å². The number of hydrogen-bond donors (Lipinski definition) is 1. The van der Waals surface area contributed by atoms with Gasteiger partial charge in [0.15, 0.2) is 0 Å². The van der Waals surface area contributed by atoms with Crippen LogP contribution in [0.1, 0.15) is 0 Å². The number of aliphatic carboxylic acids is 1. The van der Waals surface area contributed by atoms with E-state index < -0.39 is 5.97 Å². The molecule has 0 saturated carbocycles. The summed E-state index contributed by atoms with van der Waals surface area (Å²) in [6, 6.07) is 0. The predicted molar refractivity (Wildman–Crippen MR) is 14.1 cm³/mol. The third-order valence-corrected chi connectivity index (χ3v) is 0.167. The number of carboxylic acid groups (broad SMARTS) is 1. The second-order valence-electron chi connectivity index (χ2n) is 0.576. The molecule has 38 valence electrons. The molecule has 4 heteroatoms. The number of carbonyl (C=O) groups excluding carboxylic acids is 1. The summed E-state index contributed by atoms with van der Waals surface area (Å²) in [6.45, 7) is -0.389. The Kier molecular flexibility index (Phi) is 7.71. The Bertz CT molecular complexity index is 46.8. The molecule has 0 aliphatic heterocycles. The number of carboxylic acids is 1. The van der Waals surface area contributed by atoms with Crippen molar-refractivity contribution in [2.75, 3.05) is 6.54 Å². The van der Waals surface area contributed by atoms with E-state index in [0.717, 1.165) is 0 Å². The molecule has 6 heavy (non-hydrogen) atoms. The molecular weight excluding hydrogens is 126 g/mol. The summed E-state index contributed by atoms with van der Waals surface area (Å²) in [7, 11) is 0. The molecule has 0 rings (SSSR count). The summed E-state index contributed by atoms with van der Waals surface area (Å²) in [5.41, 5.74) is 4.51. The Morgan fingerprint density at radius 3 is 2.00 bits per heavy atom. The van der Waals surface area contributed by atoms with Crippen LogP contribution in [0.5, 0.6) is 0 Å². The third-order valence-electron chi connectivity index (χ3n) is 0.167. The molecule has 0 aliphatic rings. The SMILES string of the molecule is NCC(=O)[O-].[Fe]. The van der Waals surface area contributed by atoms with E-state index in [4.69, 9.17) is 9.90 Å². The second kappa shape index (κ2) is 4.95. The van der Waals surface area contributed by atoms with Crippen molar-refractivity contribution in [1.82, 2.24) is 0 Å². The van der Waals surface area contributed by atoms with Crippen LogP contribution in [0, 0.1) is 0 Å². The van der Waals surface area contributed by atoms with Crippen LogP contribution in [0.15, 0.2) is 0 Å². The summed E-state index contributed by atoms with van der Waals surface area (Å²) in [6.07, 6.45) is 0. The first kappa shape index (κ1) is 9.34. The molecule has 0 radical (unpaired) electrons. The molecule has 0 spiro atoms. The quantitative estimate of drug-likeness (QED) is 0.405. The second-order valence-corrected chi connectivity index (χ2v) is 0.576. The van der Waals surface area contributed by atoms with Crippen molar-refractivity contribution in [2.24, 2.45) is 5.73 Å². The van der Waals surface area contributed by atoms with Crippen LogP contribution >= 0.6 is 0 Å². The van der Waals surface area contributed by atoms with E-state index >= 15 is 0 Å². The number of carbonyl (C=O) groups is 1. The molecule has 0 heterocycles. The van der Waals surface area contributed by atoms with Crippen LogP contribution in [0.3, 0.4) is 0 Å². The van der Waals surface area contributed by atoms with Gasteiger partial charge >= 0.3 is 0 Å². The molecule has 0 amide bonds. The Hall–Kier alpha value is -0.0505. The number of rotatable bonds is 1. The molecule has 0 aromatic rings. The van der Waals surface area contributed by atoms with E-state index in [2.05, 4.69) is 5.73 Å². The van der Waals surface area contributed by atoms with Gasteiger partial charge in [-0.15, -0.1) is 0 Å². The first-order chi connectivity index (χ1) is 2.27. The fourth-order valence-electron chi connectivity index (χ4n) is 0. The summed E-state index contributed by atoms with van der Waals surface area (Å²) in [5, 5.41) is 9.13. The van der Waals surface area contributed by atoms with Gasteiger partial charge in [0.1, 0.15) is 0 Å². The molecule has 0 aliphatic carbocycles. The van der Waals surface area contributed by atoms with Crippen LogP contribution in [0.2, 0.25) is 0 Å². The van der Waals surface area contributed by atoms with Gasteiger partial charge in [-0.25, -0.2) is 0 Å². The molecule has 0 aromatic carbocycles. The maximum absolute atomic E-state index is 9.13. The van der Waals surface area contributed by atoms with Crippen molar-refractivity contribution < 1.29 is 27.0 Å². The van der Waals surface area contributed by atoms with Crippen LogP contribution in [-0.4, -0.2) is 12.5 Å². The van der Waals surface area contributed by atoms with Gasteiger partial charge < -0.3 is 15.6 Å². The smallest absolute Gasteiger partial charge is 0.0550 e. The topological polar surface area (TPSA) is 66.2 Å². The number of nitrogens with two attached hydrogens (primary N) is 1. The van der Waals surface area contributed by atoms with Crippen LogP contribution in [-0.2, 0) is 21.9 Å². The Morgan fingerprint density at radius 2 is 2.00 bits per heavy atom. The minimum Gasteiger partial charge on any atom is -0.549 e. The molecule has 0 atom stereocenters. The van der Waals surface area contributed by atoms with Crippen molar-refractivity contribution in [3.05, 3.63) is 0 Å². The van der Waals surface area contributed by atoms with Crippen LogP contribution in [0.4, 0.5) is 0 Å². The summed E-state index contributed by atoms with van der Waals surface area (Å²) in [5.74, 6) is -1.22. The zero-order chi connectivity index (χ0) is 4.28. The fourth-order valence-corrected chi connectivity index (χ4v) is 0. The molecule has 2 N–H and O–H groups in total. The first-order valence-electron chi connectivity index (χ1n) is 1.17.